The van der Waals surface area contributed by atoms with Gasteiger partial charge in [-0.25, -0.2) is 4.79 Å². The van der Waals surface area contributed by atoms with Crippen LogP contribution in [0.25, 0.3) is 0 Å². The van der Waals surface area contributed by atoms with Gasteiger partial charge in [0, 0.05) is 24.4 Å². The Bertz CT molecular complexity index is 463. The third-order valence-corrected chi connectivity index (χ3v) is 5.23. The van der Waals surface area contributed by atoms with Crippen LogP contribution < -0.4 is 10.6 Å². The molecule has 1 saturated carbocycles. The van der Waals surface area contributed by atoms with Crippen molar-refractivity contribution in [3.63, 3.8) is 0 Å². The van der Waals surface area contributed by atoms with Gasteiger partial charge in [0.2, 0.25) is 0 Å². The van der Waals surface area contributed by atoms with Crippen LogP contribution in [-0.4, -0.2) is 41.8 Å². The molecule has 23 heavy (non-hydrogen) atoms. The number of hydrogen-bond acceptors (Lipinski definition) is 3. The topological polar surface area (TPSA) is 61.4 Å². The Morgan fingerprint density at radius 1 is 1.35 bits per heavy atom. The molecule has 0 bridgehead atoms. The van der Waals surface area contributed by atoms with Crippen molar-refractivity contribution < 1.29 is 9.90 Å². The minimum Gasteiger partial charge on any atom is -0.396 e. The first-order valence-electron chi connectivity index (χ1n) is 8.43. The fourth-order valence-corrected chi connectivity index (χ4v) is 3.99. The Labute approximate surface area is 143 Å². The van der Waals surface area contributed by atoms with Crippen molar-refractivity contribution in [3.8, 4) is 0 Å². The van der Waals surface area contributed by atoms with Gasteiger partial charge in [-0.1, -0.05) is 36.8 Å². The maximum Gasteiger partial charge on any atom is 0.315 e. The Hall–Kier alpha value is -1.20. The lowest BCUT2D eigenvalue weighted by molar-refractivity contribution is 0.224. The largest absolute Gasteiger partial charge is 0.396 e. The molecule has 1 aliphatic carbocycles. The van der Waals surface area contributed by atoms with E-state index in [-0.39, 0.29) is 24.7 Å². The van der Waals surface area contributed by atoms with Crippen LogP contribution in [0.5, 0.6) is 0 Å². The number of aliphatic hydroxyl groups is 1. The molecule has 3 N–H and O–H groups in total. The second-order valence-electron chi connectivity index (χ2n) is 6.27. The van der Waals surface area contributed by atoms with Gasteiger partial charge in [0.1, 0.15) is 0 Å². The van der Waals surface area contributed by atoms with Crippen molar-refractivity contribution in [1.29, 1.82) is 0 Å². The summed E-state index contributed by atoms with van der Waals surface area (Å²) < 4.78 is 0. The molecule has 1 fully saturated rings. The predicted octanol–water partition coefficient (Wildman–Crippen LogP) is 2.81. The fourth-order valence-electron chi connectivity index (χ4n) is 3.34. The Kier molecular flexibility index (Phi) is 7.76. The van der Waals surface area contributed by atoms with Crippen LogP contribution in [0.1, 0.15) is 31.2 Å². The van der Waals surface area contributed by atoms with E-state index in [1.807, 2.05) is 12.3 Å². The van der Waals surface area contributed by atoms with E-state index in [4.69, 9.17) is 5.11 Å². The van der Waals surface area contributed by atoms with Gasteiger partial charge < -0.3 is 15.7 Å². The van der Waals surface area contributed by atoms with Crippen LogP contribution in [0.3, 0.4) is 0 Å². The molecule has 0 radical (unpaired) electrons. The Balaban J connectivity index is 1.84. The van der Waals surface area contributed by atoms with E-state index in [0.29, 0.717) is 12.3 Å². The van der Waals surface area contributed by atoms with Gasteiger partial charge in [-0.3, -0.25) is 0 Å². The van der Waals surface area contributed by atoms with E-state index in [1.165, 1.54) is 18.4 Å². The summed E-state index contributed by atoms with van der Waals surface area (Å²) in [7, 11) is 0. The van der Waals surface area contributed by atoms with Gasteiger partial charge in [0.05, 0.1) is 0 Å². The normalized spacial score (nSPS) is 21.8. The van der Waals surface area contributed by atoms with Crippen LogP contribution >= 0.6 is 11.8 Å². The standard InChI is InChI=1S/C18H28N2O2S/c1-23-13-16(10-11-21)19-18(22)20-17-9-5-8-15(17)12-14-6-3-2-4-7-14/h2-4,6-7,15-17,21H,5,8-13H2,1H3,(H2,19,20,22). The first-order chi connectivity index (χ1) is 11.2. The van der Waals surface area contributed by atoms with Crippen molar-refractivity contribution in [2.24, 2.45) is 5.92 Å². The minimum atomic E-state index is -0.0949. The van der Waals surface area contributed by atoms with E-state index < -0.39 is 0 Å². The number of urea groups is 1. The molecule has 0 aromatic heterocycles. The summed E-state index contributed by atoms with van der Waals surface area (Å²) in [4.78, 5) is 12.2. The molecule has 1 aromatic carbocycles. The number of hydrogen-bond donors (Lipinski definition) is 3. The quantitative estimate of drug-likeness (QED) is 0.684. The van der Waals surface area contributed by atoms with Crippen molar-refractivity contribution in [2.45, 2.75) is 44.2 Å². The van der Waals surface area contributed by atoms with Crippen molar-refractivity contribution in [1.82, 2.24) is 10.6 Å². The molecule has 0 spiro atoms. The van der Waals surface area contributed by atoms with Gasteiger partial charge in [-0.15, -0.1) is 0 Å². The van der Waals surface area contributed by atoms with E-state index in [0.717, 1.165) is 18.6 Å². The molecule has 1 aliphatic rings. The van der Waals surface area contributed by atoms with Crippen LogP contribution in [-0.2, 0) is 6.42 Å². The molecule has 2 rings (SSSR count). The van der Waals surface area contributed by atoms with Crippen LogP contribution in [0.15, 0.2) is 30.3 Å². The molecule has 5 heteroatoms. The summed E-state index contributed by atoms with van der Waals surface area (Å²) in [5.74, 6) is 1.34. The Morgan fingerprint density at radius 2 is 2.13 bits per heavy atom. The number of thioether (sulfide) groups is 1. The zero-order valence-electron chi connectivity index (χ0n) is 13.8. The van der Waals surface area contributed by atoms with Crippen molar-refractivity contribution in [3.05, 3.63) is 35.9 Å². The van der Waals surface area contributed by atoms with Crippen LogP contribution in [0.2, 0.25) is 0 Å². The maximum absolute atomic E-state index is 12.2. The molecule has 2 amide bonds. The number of nitrogens with one attached hydrogen (secondary N) is 2. The third-order valence-electron chi connectivity index (χ3n) is 4.50. The van der Waals surface area contributed by atoms with E-state index in [9.17, 15) is 4.79 Å². The average molecular weight is 337 g/mol. The second kappa shape index (κ2) is 9.83. The SMILES string of the molecule is CSCC(CCO)NC(=O)NC1CCCC1Cc1ccccc1. The molecule has 0 saturated heterocycles. The number of carbonyl (C=O) groups is 1. The zero-order valence-corrected chi connectivity index (χ0v) is 14.6. The first-order valence-corrected chi connectivity index (χ1v) is 9.83. The highest BCUT2D eigenvalue weighted by molar-refractivity contribution is 7.98. The second-order valence-corrected chi connectivity index (χ2v) is 7.18. The van der Waals surface area contributed by atoms with Gasteiger partial charge >= 0.3 is 6.03 Å². The fraction of sp³-hybridized carbons (Fsp3) is 0.611. The summed E-state index contributed by atoms with van der Waals surface area (Å²) in [5, 5.41) is 15.2. The predicted molar refractivity (Wildman–Crippen MR) is 96.8 cm³/mol. The first kappa shape index (κ1) is 18.1. The molecule has 4 nitrogen and oxygen atoms in total. The third kappa shape index (κ3) is 6.07. The molecule has 1 aromatic rings. The zero-order chi connectivity index (χ0) is 16.5. The van der Waals surface area contributed by atoms with E-state index in [1.54, 1.807) is 11.8 Å². The number of benzene rings is 1. The van der Waals surface area contributed by atoms with Gasteiger partial charge in [-0.05, 0) is 43.4 Å². The maximum atomic E-state index is 12.2. The lowest BCUT2D eigenvalue weighted by atomic mass is 9.95. The number of aliphatic hydroxyl groups excluding tert-OH is 1. The van der Waals surface area contributed by atoms with Crippen molar-refractivity contribution in [2.75, 3.05) is 18.6 Å². The van der Waals surface area contributed by atoms with E-state index in [2.05, 4.69) is 34.9 Å². The highest BCUT2D eigenvalue weighted by Gasteiger charge is 2.29. The molecular formula is C18H28N2O2S. The van der Waals surface area contributed by atoms with Crippen LogP contribution in [0, 0.1) is 5.92 Å². The lowest BCUT2D eigenvalue weighted by Gasteiger charge is -2.23. The summed E-state index contributed by atoms with van der Waals surface area (Å²) in [6, 6.07) is 10.7. The van der Waals surface area contributed by atoms with E-state index >= 15 is 0 Å². The summed E-state index contributed by atoms with van der Waals surface area (Å²) >= 11 is 1.68. The monoisotopic (exact) mass is 336 g/mol. The Morgan fingerprint density at radius 3 is 2.83 bits per heavy atom. The smallest absolute Gasteiger partial charge is 0.315 e. The average Bonchev–Trinajstić information content (AvgIpc) is 2.95. The molecule has 128 valence electrons. The molecule has 3 atom stereocenters. The number of amides is 2. The highest BCUT2D eigenvalue weighted by Crippen LogP contribution is 2.28. The summed E-state index contributed by atoms with van der Waals surface area (Å²) in [6.07, 6.45) is 7.04. The highest BCUT2D eigenvalue weighted by atomic mass is 32.2. The van der Waals surface area contributed by atoms with Gasteiger partial charge in [0.15, 0.2) is 0 Å². The molecule has 0 heterocycles. The summed E-state index contributed by atoms with van der Waals surface area (Å²) in [5.41, 5.74) is 1.34. The lowest BCUT2D eigenvalue weighted by Crippen LogP contribution is -2.48. The minimum absolute atomic E-state index is 0.0315. The van der Waals surface area contributed by atoms with Crippen LogP contribution in [0.4, 0.5) is 4.79 Å². The number of rotatable bonds is 8. The van der Waals surface area contributed by atoms with Gasteiger partial charge in [-0.2, -0.15) is 11.8 Å². The van der Waals surface area contributed by atoms with Gasteiger partial charge in [0.25, 0.3) is 0 Å². The molecule has 0 aliphatic heterocycles. The molecular weight excluding hydrogens is 308 g/mol. The van der Waals surface area contributed by atoms with Crippen molar-refractivity contribution >= 4 is 17.8 Å². The number of carbonyl (C=O) groups excluding carboxylic acids is 1. The molecule has 3 unspecified atom stereocenters. The summed E-state index contributed by atoms with van der Waals surface area (Å²) in [6.45, 7) is 0.103.